The largest absolute Gasteiger partial charge is 0.492 e. The third-order valence-corrected chi connectivity index (χ3v) is 2.85. The van der Waals surface area contributed by atoms with Gasteiger partial charge in [0, 0.05) is 12.1 Å². The van der Waals surface area contributed by atoms with Crippen LogP contribution in [-0.4, -0.2) is 37.6 Å². The van der Waals surface area contributed by atoms with Crippen LogP contribution in [0.3, 0.4) is 0 Å². The number of amides is 1. The van der Waals surface area contributed by atoms with Crippen molar-refractivity contribution >= 4 is 17.5 Å². The highest BCUT2D eigenvalue weighted by Crippen LogP contribution is 2.20. The average molecular weight is 257 g/mol. The van der Waals surface area contributed by atoms with Crippen molar-refractivity contribution in [2.45, 2.75) is 6.92 Å². The summed E-state index contributed by atoms with van der Waals surface area (Å²) in [7, 11) is 1.70. The fourth-order valence-electron chi connectivity index (χ4n) is 1.29. The number of benzene rings is 1. The van der Waals surface area contributed by atoms with Gasteiger partial charge in [-0.05, 0) is 30.7 Å². The van der Waals surface area contributed by atoms with Crippen molar-refractivity contribution in [1.82, 2.24) is 4.90 Å². The van der Waals surface area contributed by atoms with E-state index in [1.165, 1.54) is 0 Å². The van der Waals surface area contributed by atoms with Crippen molar-refractivity contribution in [3.8, 4) is 5.75 Å². The van der Waals surface area contributed by atoms with Crippen molar-refractivity contribution in [2.75, 3.05) is 26.7 Å². The van der Waals surface area contributed by atoms with E-state index in [1.807, 2.05) is 13.0 Å². The molecule has 0 aromatic heterocycles. The van der Waals surface area contributed by atoms with Gasteiger partial charge >= 0.3 is 0 Å². The summed E-state index contributed by atoms with van der Waals surface area (Å²) < 4.78 is 5.51. The molecule has 0 bridgehead atoms. The second-order valence-electron chi connectivity index (χ2n) is 3.78. The summed E-state index contributed by atoms with van der Waals surface area (Å²) in [6.45, 7) is 2.89. The molecule has 0 heterocycles. The number of aryl methyl sites for hydroxylation is 1. The molecule has 0 saturated heterocycles. The number of hydrogen-bond donors (Lipinski definition) is 1. The molecular weight excluding hydrogens is 240 g/mol. The minimum Gasteiger partial charge on any atom is -0.492 e. The number of halogens is 1. The maximum absolute atomic E-state index is 11.2. The molecule has 0 aliphatic carbocycles. The number of likely N-dealkylation sites (N-methyl/N-ethyl adjacent to an activating group) is 1. The standard InChI is InChI=1S/C12H17ClN2O2/c1-9-7-10(3-4-11(9)13)17-6-5-15(2)12(16)8-14/h3-4,7H,5-6,8,14H2,1-2H3. The Hall–Kier alpha value is -1.26. The molecule has 0 saturated carbocycles. The molecule has 1 aromatic carbocycles. The van der Waals surface area contributed by atoms with Gasteiger partial charge in [-0.25, -0.2) is 0 Å². The predicted octanol–water partition coefficient (Wildman–Crippen LogP) is 1.44. The molecule has 1 amide bonds. The normalized spacial score (nSPS) is 10.1. The van der Waals surface area contributed by atoms with Gasteiger partial charge in [-0.1, -0.05) is 11.6 Å². The zero-order chi connectivity index (χ0) is 12.8. The Balaban J connectivity index is 2.40. The molecule has 0 aliphatic rings. The number of nitrogens with zero attached hydrogens (tertiary/aromatic N) is 1. The minimum atomic E-state index is -0.0964. The van der Waals surface area contributed by atoms with E-state index in [4.69, 9.17) is 22.1 Å². The Labute approximate surface area is 106 Å². The van der Waals surface area contributed by atoms with E-state index < -0.39 is 0 Å². The summed E-state index contributed by atoms with van der Waals surface area (Å²) in [5, 5.41) is 0.716. The Morgan fingerprint density at radius 1 is 1.53 bits per heavy atom. The van der Waals surface area contributed by atoms with E-state index in [2.05, 4.69) is 0 Å². The molecule has 0 aliphatic heterocycles. The first-order valence-electron chi connectivity index (χ1n) is 5.37. The van der Waals surface area contributed by atoms with E-state index in [0.29, 0.717) is 18.2 Å². The molecule has 0 unspecified atom stereocenters. The summed E-state index contributed by atoms with van der Waals surface area (Å²) in [5.74, 6) is 0.654. The first kappa shape index (κ1) is 13.8. The van der Waals surface area contributed by atoms with Gasteiger partial charge in [0.15, 0.2) is 0 Å². The molecule has 1 aromatic rings. The van der Waals surface area contributed by atoms with Gasteiger partial charge in [0.1, 0.15) is 12.4 Å². The van der Waals surface area contributed by atoms with Crippen LogP contribution in [0.1, 0.15) is 5.56 Å². The van der Waals surface area contributed by atoms with Crippen molar-refractivity contribution < 1.29 is 9.53 Å². The number of carbonyl (C=O) groups is 1. The third-order valence-electron chi connectivity index (χ3n) is 2.43. The highest BCUT2D eigenvalue weighted by molar-refractivity contribution is 6.31. The first-order chi connectivity index (χ1) is 8.04. The number of rotatable bonds is 5. The zero-order valence-corrected chi connectivity index (χ0v) is 10.8. The van der Waals surface area contributed by atoms with Crippen molar-refractivity contribution in [2.24, 2.45) is 5.73 Å². The first-order valence-corrected chi connectivity index (χ1v) is 5.75. The molecular formula is C12H17ClN2O2. The maximum Gasteiger partial charge on any atom is 0.236 e. The van der Waals surface area contributed by atoms with Gasteiger partial charge in [-0.3, -0.25) is 4.79 Å². The van der Waals surface area contributed by atoms with Crippen molar-refractivity contribution in [3.63, 3.8) is 0 Å². The van der Waals surface area contributed by atoms with Crippen LogP contribution in [-0.2, 0) is 4.79 Å². The third kappa shape index (κ3) is 4.24. The molecule has 2 N–H and O–H groups in total. The second kappa shape index (κ2) is 6.47. The number of carbonyl (C=O) groups excluding carboxylic acids is 1. The van der Waals surface area contributed by atoms with Crippen molar-refractivity contribution in [3.05, 3.63) is 28.8 Å². The molecule has 0 radical (unpaired) electrons. The van der Waals surface area contributed by atoms with E-state index >= 15 is 0 Å². The maximum atomic E-state index is 11.2. The lowest BCUT2D eigenvalue weighted by Gasteiger charge is -2.16. The molecule has 0 spiro atoms. The highest BCUT2D eigenvalue weighted by atomic mass is 35.5. The Morgan fingerprint density at radius 3 is 2.82 bits per heavy atom. The quantitative estimate of drug-likeness (QED) is 0.868. The molecule has 4 nitrogen and oxygen atoms in total. The van der Waals surface area contributed by atoms with Gasteiger partial charge < -0.3 is 15.4 Å². The zero-order valence-electron chi connectivity index (χ0n) is 10.1. The molecule has 5 heteroatoms. The lowest BCUT2D eigenvalue weighted by Crippen LogP contribution is -2.35. The van der Waals surface area contributed by atoms with Crippen LogP contribution in [0.4, 0.5) is 0 Å². The van der Waals surface area contributed by atoms with Crippen molar-refractivity contribution in [1.29, 1.82) is 0 Å². The number of nitrogens with two attached hydrogens (primary N) is 1. The smallest absolute Gasteiger partial charge is 0.236 e. The van der Waals surface area contributed by atoms with Crippen LogP contribution in [0, 0.1) is 6.92 Å². The van der Waals surface area contributed by atoms with Gasteiger partial charge in [0.25, 0.3) is 0 Å². The summed E-state index contributed by atoms with van der Waals surface area (Å²) in [5.41, 5.74) is 6.21. The SMILES string of the molecule is Cc1cc(OCCN(C)C(=O)CN)ccc1Cl. The van der Waals surface area contributed by atoms with E-state index in [9.17, 15) is 4.79 Å². The number of ether oxygens (including phenoxy) is 1. The second-order valence-corrected chi connectivity index (χ2v) is 4.19. The Kier molecular flexibility index (Phi) is 5.25. The molecule has 0 atom stereocenters. The van der Waals surface area contributed by atoms with Crippen LogP contribution in [0.25, 0.3) is 0 Å². The van der Waals surface area contributed by atoms with Gasteiger partial charge in [0.2, 0.25) is 5.91 Å². The molecule has 1 rings (SSSR count). The van der Waals surface area contributed by atoms with E-state index in [-0.39, 0.29) is 12.5 Å². The fourth-order valence-corrected chi connectivity index (χ4v) is 1.41. The highest BCUT2D eigenvalue weighted by Gasteiger charge is 2.05. The van der Waals surface area contributed by atoms with Crippen LogP contribution < -0.4 is 10.5 Å². The van der Waals surface area contributed by atoms with Crippen LogP contribution in [0.15, 0.2) is 18.2 Å². The van der Waals surface area contributed by atoms with Crippen LogP contribution >= 0.6 is 11.6 Å². The Morgan fingerprint density at radius 2 is 2.24 bits per heavy atom. The number of hydrogen-bond acceptors (Lipinski definition) is 3. The molecule has 94 valence electrons. The minimum absolute atomic E-state index is 0.0244. The summed E-state index contributed by atoms with van der Waals surface area (Å²) >= 11 is 5.90. The van der Waals surface area contributed by atoms with Crippen LogP contribution in [0.5, 0.6) is 5.75 Å². The van der Waals surface area contributed by atoms with Crippen LogP contribution in [0.2, 0.25) is 5.02 Å². The van der Waals surface area contributed by atoms with Gasteiger partial charge in [-0.2, -0.15) is 0 Å². The predicted molar refractivity (Wildman–Crippen MR) is 68.4 cm³/mol. The average Bonchev–Trinajstić information content (AvgIpc) is 2.32. The molecule has 0 fully saturated rings. The van der Waals surface area contributed by atoms with Gasteiger partial charge in [-0.15, -0.1) is 0 Å². The van der Waals surface area contributed by atoms with E-state index in [1.54, 1.807) is 24.1 Å². The van der Waals surface area contributed by atoms with Gasteiger partial charge in [0.05, 0.1) is 13.1 Å². The summed E-state index contributed by atoms with van der Waals surface area (Å²) in [6.07, 6.45) is 0. The monoisotopic (exact) mass is 256 g/mol. The fraction of sp³-hybridized carbons (Fsp3) is 0.417. The summed E-state index contributed by atoms with van der Waals surface area (Å²) in [6, 6.07) is 5.47. The lowest BCUT2D eigenvalue weighted by molar-refractivity contribution is -0.128. The van der Waals surface area contributed by atoms with E-state index in [0.717, 1.165) is 11.3 Å². The summed E-state index contributed by atoms with van der Waals surface area (Å²) in [4.78, 5) is 12.7. The Bertz CT molecular complexity index is 396. The molecule has 17 heavy (non-hydrogen) atoms. The lowest BCUT2D eigenvalue weighted by atomic mass is 10.2. The topological polar surface area (TPSA) is 55.6 Å².